The van der Waals surface area contributed by atoms with Crippen LogP contribution in [0, 0.1) is 6.92 Å². The number of nitrogens with zero attached hydrogens (tertiary/aromatic N) is 3. The molecule has 3 aromatic carbocycles. The molecule has 0 spiro atoms. The predicted molar refractivity (Wildman–Crippen MR) is 172 cm³/mol. The molecule has 5 nitrogen and oxygen atoms in total. The normalized spacial score (nSPS) is 12.0. The van der Waals surface area contributed by atoms with Gasteiger partial charge in [-0.05, 0) is 60.1 Å². The third-order valence-corrected chi connectivity index (χ3v) is 12.5. The lowest BCUT2D eigenvalue weighted by atomic mass is 10.1. The zero-order chi connectivity index (χ0) is 28.5. The van der Waals surface area contributed by atoms with E-state index < -0.39 is 8.32 Å². The van der Waals surface area contributed by atoms with Crippen molar-refractivity contribution in [3.8, 4) is 11.4 Å². The highest BCUT2D eigenvalue weighted by atomic mass is 28.4. The average Bonchev–Trinajstić information content (AvgIpc) is 3.19. The highest BCUT2D eigenvalue weighted by molar-refractivity contribution is 6.74. The Morgan fingerprint density at radius 3 is 1.95 bits per heavy atom. The molecular weight excluding hydrogens is 510 g/mol. The maximum Gasteiger partial charge on any atom is 0.297 e. The van der Waals surface area contributed by atoms with E-state index in [2.05, 4.69) is 57.2 Å². The third-order valence-electron chi connectivity index (χ3n) is 8.02. The number of rotatable bonds is 14. The van der Waals surface area contributed by atoms with Crippen molar-refractivity contribution in [2.24, 2.45) is 12.0 Å². The van der Waals surface area contributed by atoms with Crippen LogP contribution in [0.2, 0.25) is 18.1 Å². The molecule has 40 heavy (non-hydrogen) atoms. The molecule has 0 saturated heterocycles. The maximum absolute atomic E-state index is 13.5. The second-order valence-electron chi connectivity index (χ2n) is 11.0. The van der Waals surface area contributed by atoms with E-state index in [0.29, 0.717) is 5.69 Å². The van der Waals surface area contributed by atoms with E-state index in [-0.39, 0.29) is 5.56 Å². The number of aliphatic imine (C=N–C) groups is 1. The summed E-state index contributed by atoms with van der Waals surface area (Å²) in [6, 6.07) is 26.1. The quantitative estimate of drug-likeness (QED) is 0.115. The van der Waals surface area contributed by atoms with E-state index in [4.69, 9.17) is 9.42 Å². The predicted octanol–water partition coefficient (Wildman–Crippen LogP) is 9.11. The van der Waals surface area contributed by atoms with Gasteiger partial charge in [0.15, 0.2) is 5.69 Å². The summed E-state index contributed by atoms with van der Waals surface area (Å²) in [5.74, 6) is 0.911. The van der Waals surface area contributed by atoms with Gasteiger partial charge >= 0.3 is 0 Å². The van der Waals surface area contributed by atoms with E-state index in [9.17, 15) is 4.79 Å². The summed E-state index contributed by atoms with van der Waals surface area (Å²) in [7, 11) is -0.123. The zero-order valence-electron chi connectivity index (χ0n) is 25.0. The minimum Gasteiger partial charge on any atom is -0.543 e. The zero-order valence-corrected chi connectivity index (χ0v) is 26.0. The molecule has 0 amide bonds. The van der Waals surface area contributed by atoms with Crippen molar-refractivity contribution >= 4 is 31.0 Å². The number of hydrogen-bond donors (Lipinski definition) is 0. The van der Waals surface area contributed by atoms with Crippen molar-refractivity contribution in [2.75, 3.05) is 0 Å². The molecule has 0 unspecified atom stereocenters. The summed E-state index contributed by atoms with van der Waals surface area (Å²) in [6.45, 7) is 8.77. The second kappa shape index (κ2) is 13.8. The minimum atomic E-state index is -2.03. The van der Waals surface area contributed by atoms with Gasteiger partial charge in [0.1, 0.15) is 5.75 Å². The molecular formula is C34H45N3O2Si. The van der Waals surface area contributed by atoms with Crippen molar-refractivity contribution in [1.29, 1.82) is 0 Å². The molecule has 1 aromatic heterocycles. The minimum absolute atomic E-state index is 0.122. The van der Waals surface area contributed by atoms with Crippen molar-refractivity contribution in [3.63, 3.8) is 0 Å². The lowest BCUT2D eigenvalue weighted by Crippen LogP contribution is -2.41. The van der Waals surface area contributed by atoms with E-state index in [1.54, 1.807) is 4.68 Å². The van der Waals surface area contributed by atoms with Crippen LogP contribution in [0.5, 0.6) is 5.75 Å². The Hall–Kier alpha value is -3.38. The third kappa shape index (κ3) is 6.66. The van der Waals surface area contributed by atoms with Crippen LogP contribution in [0.3, 0.4) is 0 Å². The molecule has 0 N–H and O–H groups in total. The number of fused-ring (bicyclic) bond motifs is 1. The fourth-order valence-electron chi connectivity index (χ4n) is 5.52. The van der Waals surface area contributed by atoms with Gasteiger partial charge in [-0.25, -0.2) is 9.67 Å². The van der Waals surface area contributed by atoms with E-state index in [1.807, 2.05) is 55.2 Å². The summed E-state index contributed by atoms with van der Waals surface area (Å²) in [5.41, 5.74) is 2.92. The molecule has 6 heteroatoms. The Kier molecular flexibility index (Phi) is 10.2. The first kappa shape index (κ1) is 29.6. The fraction of sp³-hybridized carbons (Fsp3) is 0.412. The van der Waals surface area contributed by atoms with Gasteiger partial charge in [0.2, 0.25) is 0 Å². The van der Waals surface area contributed by atoms with Crippen LogP contribution in [0.1, 0.15) is 70.6 Å². The molecule has 0 aliphatic rings. The topological polar surface area (TPSA) is 48.5 Å². The summed E-state index contributed by atoms with van der Waals surface area (Å²) in [6.07, 6.45) is 9.02. The Labute approximate surface area is 240 Å². The first-order valence-corrected chi connectivity index (χ1v) is 17.6. The average molecular weight is 556 g/mol. The van der Waals surface area contributed by atoms with Crippen LogP contribution in [0.25, 0.3) is 16.5 Å². The summed E-state index contributed by atoms with van der Waals surface area (Å²) in [4.78, 5) is 18.3. The highest BCUT2D eigenvalue weighted by Gasteiger charge is 2.35. The number of aromatic nitrogens is 2. The Morgan fingerprint density at radius 1 is 0.825 bits per heavy atom. The molecule has 4 aromatic rings. The fourth-order valence-corrected chi connectivity index (χ4v) is 10.2. The van der Waals surface area contributed by atoms with Crippen LogP contribution in [-0.4, -0.2) is 23.9 Å². The lowest BCUT2D eigenvalue weighted by molar-refractivity contribution is 0.511. The van der Waals surface area contributed by atoms with Crippen LogP contribution < -0.4 is 9.99 Å². The van der Waals surface area contributed by atoms with Crippen LogP contribution >= 0.6 is 0 Å². The van der Waals surface area contributed by atoms with Gasteiger partial charge in [-0.3, -0.25) is 9.48 Å². The monoisotopic (exact) mass is 555 g/mol. The SMILES string of the molecule is CCCC[Si](CCCC)(CCCC)Oc1cc2ccccc2cc1C=Nc1c(C)n(C)n(-c2ccccc2)c1=O. The molecule has 0 atom stereocenters. The number of benzene rings is 3. The number of para-hydroxylation sites is 1. The van der Waals surface area contributed by atoms with Gasteiger partial charge in [0.25, 0.3) is 13.9 Å². The first-order valence-electron chi connectivity index (χ1n) is 15.0. The van der Waals surface area contributed by atoms with Crippen molar-refractivity contribution < 1.29 is 4.43 Å². The molecule has 0 bridgehead atoms. The summed E-state index contributed by atoms with van der Waals surface area (Å²) >= 11 is 0. The van der Waals surface area contributed by atoms with Crippen LogP contribution in [0.4, 0.5) is 5.69 Å². The van der Waals surface area contributed by atoms with Crippen LogP contribution in [-0.2, 0) is 7.05 Å². The summed E-state index contributed by atoms with van der Waals surface area (Å²) in [5, 5.41) is 2.31. The standard InChI is InChI=1S/C34H45N3O2Si/c1-6-9-21-40(22-10-7-2,23-11-8-3)39-32-25-29-18-16-15-17-28(29)24-30(32)26-35-33-27(4)36(5)37(34(33)38)31-19-13-12-14-20-31/h12-20,24-26H,6-11,21-23H2,1-5H3. The summed E-state index contributed by atoms with van der Waals surface area (Å²) < 4.78 is 10.8. The van der Waals surface area contributed by atoms with E-state index >= 15 is 0 Å². The van der Waals surface area contributed by atoms with Crippen molar-refractivity contribution in [2.45, 2.75) is 84.4 Å². The van der Waals surface area contributed by atoms with Gasteiger partial charge in [0, 0.05) is 18.8 Å². The van der Waals surface area contributed by atoms with Gasteiger partial charge in [-0.1, -0.05) is 102 Å². The van der Waals surface area contributed by atoms with Gasteiger partial charge in [-0.15, -0.1) is 0 Å². The molecule has 0 saturated carbocycles. The van der Waals surface area contributed by atoms with Crippen LogP contribution in [0.15, 0.2) is 76.5 Å². The molecule has 0 aliphatic carbocycles. The Balaban J connectivity index is 1.80. The molecule has 4 rings (SSSR count). The molecule has 1 heterocycles. The van der Waals surface area contributed by atoms with E-state index in [1.165, 1.54) is 62.0 Å². The van der Waals surface area contributed by atoms with Gasteiger partial charge < -0.3 is 4.43 Å². The van der Waals surface area contributed by atoms with Crippen molar-refractivity contribution in [3.05, 3.63) is 88.3 Å². The largest absolute Gasteiger partial charge is 0.543 e. The van der Waals surface area contributed by atoms with Crippen molar-refractivity contribution in [1.82, 2.24) is 9.36 Å². The molecule has 0 aliphatic heterocycles. The highest BCUT2D eigenvalue weighted by Crippen LogP contribution is 2.35. The van der Waals surface area contributed by atoms with E-state index in [0.717, 1.165) is 28.1 Å². The second-order valence-corrected chi connectivity index (χ2v) is 15.1. The smallest absolute Gasteiger partial charge is 0.297 e. The molecule has 0 radical (unpaired) electrons. The number of hydrogen-bond acceptors (Lipinski definition) is 3. The first-order chi connectivity index (χ1) is 19.4. The Bertz CT molecular complexity index is 1460. The molecule has 212 valence electrons. The number of unbranched alkanes of at least 4 members (excludes halogenated alkanes) is 3. The van der Waals surface area contributed by atoms with Gasteiger partial charge in [-0.2, -0.15) is 0 Å². The molecule has 0 fully saturated rings. The Morgan fingerprint density at radius 2 is 1.38 bits per heavy atom. The lowest BCUT2D eigenvalue weighted by Gasteiger charge is -2.33. The maximum atomic E-state index is 13.5. The van der Waals surface area contributed by atoms with Gasteiger partial charge in [0.05, 0.1) is 11.4 Å².